The van der Waals surface area contributed by atoms with Crippen LogP contribution in [0.1, 0.15) is 5.69 Å². The van der Waals surface area contributed by atoms with E-state index in [4.69, 9.17) is 4.74 Å². The molecule has 0 unspecified atom stereocenters. The number of hydrogen-bond acceptors (Lipinski definition) is 4. The summed E-state index contributed by atoms with van der Waals surface area (Å²) >= 11 is 3.85. The zero-order chi connectivity index (χ0) is 13.8. The van der Waals surface area contributed by atoms with Crippen LogP contribution in [0.5, 0.6) is 5.75 Å². The number of nitrogens with zero attached hydrogens (tertiary/aromatic N) is 2. The van der Waals surface area contributed by atoms with Crippen LogP contribution >= 0.6 is 33.9 Å². The average molecular weight is 394 g/mol. The van der Waals surface area contributed by atoms with E-state index in [0.717, 1.165) is 25.7 Å². The van der Waals surface area contributed by atoms with E-state index in [9.17, 15) is 0 Å². The fourth-order valence-corrected chi connectivity index (χ4v) is 3.02. The molecule has 2 heterocycles. The van der Waals surface area contributed by atoms with Crippen molar-refractivity contribution in [3.8, 4) is 16.5 Å². The number of hydrogen-bond donors (Lipinski definition) is 0. The summed E-state index contributed by atoms with van der Waals surface area (Å²) in [4.78, 5) is 8.85. The summed E-state index contributed by atoms with van der Waals surface area (Å²) in [6.45, 7) is 0.476. The summed E-state index contributed by atoms with van der Waals surface area (Å²) in [6.07, 6.45) is 1.78. The van der Waals surface area contributed by atoms with Crippen LogP contribution < -0.4 is 4.74 Å². The van der Waals surface area contributed by atoms with Gasteiger partial charge in [-0.15, -0.1) is 11.3 Å². The van der Waals surface area contributed by atoms with Gasteiger partial charge in [0.2, 0.25) is 0 Å². The molecule has 2 aromatic heterocycles. The molecule has 0 saturated carbocycles. The quantitative estimate of drug-likeness (QED) is 0.616. The highest BCUT2D eigenvalue weighted by molar-refractivity contribution is 14.1. The molecule has 3 rings (SSSR count). The lowest BCUT2D eigenvalue weighted by Gasteiger charge is -2.05. The maximum atomic E-state index is 5.79. The van der Waals surface area contributed by atoms with E-state index in [1.165, 1.54) is 0 Å². The van der Waals surface area contributed by atoms with Crippen molar-refractivity contribution in [1.29, 1.82) is 0 Å². The molecule has 3 nitrogen and oxygen atoms in total. The topological polar surface area (TPSA) is 35.0 Å². The van der Waals surface area contributed by atoms with Crippen molar-refractivity contribution >= 4 is 33.9 Å². The Kier molecular flexibility index (Phi) is 4.27. The molecule has 0 atom stereocenters. The van der Waals surface area contributed by atoms with Gasteiger partial charge >= 0.3 is 0 Å². The smallest absolute Gasteiger partial charge is 0.142 e. The number of ether oxygens (including phenoxy) is 1. The van der Waals surface area contributed by atoms with Crippen molar-refractivity contribution in [2.75, 3.05) is 0 Å². The van der Waals surface area contributed by atoms with Crippen LogP contribution in [0.15, 0.2) is 54.0 Å². The van der Waals surface area contributed by atoms with Crippen LogP contribution in [0.3, 0.4) is 0 Å². The van der Waals surface area contributed by atoms with Gasteiger partial charge < -0.3 is 4.74 Å². The average Bonchev–Trinajstić information content (AvgIpc) is 2.96. The number of thiazole rings is 1. The van der Waals surface area contributed by atoms with Gasteiger partial charge in [0, 0.05) is 11.6 Å². The molecule has 0 aliphatic carbocycles. The van der Waals surface area contributed by atoms with Crippen molar-refractivity contribution in [3.63, 3.8) is 0 Å². The molecule has 0 saturated heterocycles. The van der Waals surface area contributed by atoms with Crippen LogP contribution in [0.25, 0.3) is 10.7 Å². The fourth-order valence-electron chi connectivity index (χ4n) is 1.69. The minimum absolute atomic E-state index is 0.476. The molecule has 1 aromatic carbocycles. The van der Waals surface area contributed by atoms with Crippen LogP contribution in [0.2, 0.25) is 0 Å². The fraction of sp³-hybridized carbons (Fsp3) is 0.0667. The van der Waals surface area contributed by atoms with E-state index in [-0.39, 0.29) is 0 Å². The molecule has 20 heavy (non-hydrogen) atoms. The molecular weight excluding hydrogens is 383 g/mol. The maximum Gasteiger partial charge on any atom is 0.142 e. The monoisotopic (exact) mass is 394 g/mol. The number of para-hydroxylation sites is 1. The summed E-state index contributed by atoms with van der Waals surface area (Å²) in [5.74, 6) is 0.889. The molecule has 0 N–H and O–H groups in total. The first-order valence-electron chi connectivity index (χ1n) is 6.06. The van der Waals surface area contributed by atoms with Crippen LogP contribution in [-0.2, 0) is 6.61 Å². The minimum Gasteiger partial charge on any atom is -0.486 e. The Hall–Kier alpha value is -1.47. The van der Waals surface area contributed by atoms with Gasteiger partial charge in [0.05, 0.1) is 15.0 Å². The van der Waals surface area contributed by atoms with Crippen LogP contribution in [0.4, 0.5) is 0 Å². The minimum atomic E-state index is 0.476. The third kappa shape index (κ3) is 3.16. The lowest BCUT2D eigenvalue weighted by atomic mass is 10.3. The number of rotatable bonds is 4. The van der Waals surface area contributed by atoms with E-state index in [2.05, 4.69) is 32.6 Å². The second-order valence-corrected chi connectivity index (χ2v) is 6.10. The zero-order valence-electron chi connectivity index (χ0n) is 10.5. The first-order chi connectivity index (χ1) is 9.83. The van der Waals surface area contributed by atoms with E-state index >= 15 is 0 Å². The summed E-state index contributed by atoms with van der Waals surface area (Å²) in [6, 6.07) is 13.8. The molecule has 0 aliphatic rings. The third-order valence-corrected chi connectivity index (χ3v) is 4.45. The van der Waals surface area contributed by atoms with E-state index in [1.54, 1.807) is 17.5 Å². The number of pyridine rings is 1. The van der Waals surface area contributed by atoms with E-state index < -0.39 is 0 Å². The molecule has 5 heteroatoms. The molecule has 3 aromatic rings. The highest BCUT2D eigenvalue weighted by atomic mass is 127. The molecular formula is C15H11IN2OS. The van der Waals surface area contributed by atoms with Gasteiger partial charge in [-0.2, -0.15) is 0 Å². The predicted molar refractivity (Wildman–Crippen MR) is 88.8 cm³/mol. The maximum absolute atomic E-state index is 5.79. The zero-order valence-corrected chi connectivity index (χ0v) is 13.5. The Morgan fingerprint density at radius 1 is 1.10 bits per heavy atom. The number of halogens is 1. The van der Waals surface area contributed by atoms with E-state index in [1.807, 2.05) is 47.8 Å². The van der Waals surface area contributed by atoms with Gasteiger partial charge in [-0.25, -0.2) is 4.98 Å². The first-order valence-corrected chi connectivity index (χ1v) is 8.02. The predicted octanol–water partition coefficient (Wildman–Crippen LogP) is 4.39. The van der Waals surface area contributed by atoms with Crippen molar-refractivity contribution in [1.82, 2.24) is 9.97 Å². The largest absolute Gasteiger partial charge is 0.486 e. The van der Waals surface area contributed by atoms with Crippen molar-refractivity contribution in [2.24, 2.45) is 0 Å². The summed E-state index contributed by atoms with van der Waals surface area (Å²) in [5, 5.41) is 2.94. The summed E-state index contributed by atoms with van der Waals surface area (Å²) < 4.78 is 6.89. The normalized spacial score (nSPS) is 10.4. The Bertz CT molecular complexity index is 700. The third-order valence-electron chi connectivity index (χ3n) is 2.65. The Morgan fingerprint density at radius 2 is 1.95 bits per heavy atom. The second-order valence-electron chi connectivity index (χ2n) is 4.08. The highest BCUT2D eigenvalue weighted by Gasteiger charge is 2.07. The number of aromatic nitrogens is 2. The highest BCUT2D eigenvalue weighted by Crippen LogP contribution is 2.24. The van der Waals surface area contributed by atoms with Crippen LogP contribution in [-0.4, -0.2) is 9.97 Å². The van der Waals surface area contributed by atoms with Crippen molar-refractivity contribution in [2.45, 2.75) is 6.61 Å². The Morgan fingerprint density at radius 3 is 2.75 bits per heavy atom. The SMILES string of the molecule is Ic1ccccc1OCc1csc(-c2ccccn2)n1. The molecule has 0 aliphatic heterocycles. The molecule has 0 spiro atoms. The van der Waals surface area contributed by atoms with Crippen LogP contribution in [0, 0.1) is 3.57 Å². The number of benzene rings is 1. The summed E-state index contributed by atoms with van der Waals surface area (Å²) in [5.41, 5.74) is 1.83. The van der Waals surface area contributed by atoms with Gasteiger partial charge in [0.15, 0.2) is 0 Å². The molecule has 0 bridgehead atoms. The molecule has 0 amide bonds. The van der Waals surface area contributed by atoms with Gasteiger partial charge in [-0.3, -0.25) is 4.98 Å². The van der Waals surface area contributed by atoms with Gasteiger partial charge in [-0.05, 0) is 46.9 Å². The van der Waals surface area contributed by atoms with Gasteiger partial charge in [-0.1, -0.05) is 18.2 Å². The van der Waals surface area contributed by atoms with Gasteiger partial charge in [0.25, 0.3) is 0 Å². The standard InChI is InChI=1S/C15H11IN2OS/c16-12-5-1-2-7-14(12)19-9-11-10-20-15(18-11)13-6-3-4-8-17-13/h1-8,10H,9H2. The molecule has 0 radical (unpaired) electrons. The molecule has 100 valence electrons. The summed E-state index contributed by atoms with van der Waals surface area (Å²) in [7, 11) is 0. The lowest BCUT2D eigenvalue weighted by molar-refractivity contribution is 0.300. The molecule has 0 fully saturated rings. The lowest BCUT2D eigenvalue weighted by Crippen LogP contribution is -1.97. The first kappa shape index (κ1) is 13.5. The van der Waals surface area contributed by atoms with E-state index in [0.29, 0.717) is 6.61 Å². The Balaban J connectivity index is 1.71. The van der Waals surface area contributed by atoms with Gasteiger partial charge in [0.1, 0.15) is 17.4 Å². The van der Waals surface area contributed by atoms with Crippen molar-refractivity contribution in [3.05, 3.63) is 63.3 Å². The second kappa shape index (κ2) is 6.32. The Labute approximate surface area is 134 Å². The van der Waals surface area contributed by atoms with Crippen molar-refractivity contribution < 1.29 is 4.74 Å².